The lowest BCUT2D eigenvalue weighted by molar-refractivity contribution is 1.18. The second-order valence-corrected chi connectivity index (χ2v) is 11.5. The quantitative estimate of drug-likeness (QED) is 0.191. The van der Waals surface area contributed by atoms with Gasteiger partial charge in [0, 0.05) is 33.5 Å². The highest BCUT2D eigenvalue weighted by molar-refractivity contribution is 6.09. The van der Waals surface area contributed by atoms with E-state index in [1.807, 2.05) is 0 Å². The van der Waals surface area contributed by atoms with Crippen molar-refractivity contribution >= 4 is 44.4 Å². The van der Waals surface area contributed by atoms with Crippen LogP contribution in [0, 0.1) is 0 Å². The summed E-state index contributed by atoms with van der Waals surface area (Å²) < 4.78 is 2.36. The minimum Gasteiger partial charge on any atom is -0.311 e. The molecule has 0 atom stereocenters. The SMILES string of the molecule is C=C1C=C(c2ccc(N(c3ccccc3)c3ccc(-c4ccc(-n5c6ccccc6c6ccccc65)cc4)cc3)cc2)C=CC1. The highest BCUT2D eigenvalue weighted by Crippen LogP contribution is 2.37. The summed E-state index contributed by atoms with van der Waals surface area (Å²) in [5.41, 5.74) is 12.9. The van der Waals surface area contributed by atoms with Crippen LogP contribution in [0.3, 0.4) is 0 Å². The Morgan fingerprint density at radius 2 is 0.978 bits per heavy atom. The Balaban J connectivity index is 1.11. The first-order valence-corrected chi connectivity index (χ1v) is 15.4. The van der Waals surface area contributed by atoms with Crippen LogP contribution >= 0.6 is 0 Å². The molecule has 0 N–H and O–H groups in total. The van der Waals surface area contributed by atoms with E-state index in [2.05, 4.69) is 186 Å². The zero-order valence-electron chi connectivity index (χ0n) is 25.0. The average Bonchev–Trinajstić information content (AvgIpc) is 3.44. The monoisotopic (exact) mass is 576 g/mol. The molecule has 1 heterocycles. The number of allylic oxidation sites excluding steroid dienone is 5. The van der Waals surface area contributed by atoms with Crippen molar-refractivity contribution in [2.45, 2.75) is 6.42 Å². The molecule has 2 nitrogen and oxygen atoms in total. The lowest BCUT2D eigenvalue weighted by Gasteiger charge is -2.26. The molecule has 0 spiro atoms. The van der Waals surface area contributed by atoms with Crippen LogP contribution in [0.1, 0.15) is 12.0 Å². The van der Waals surface area contributed by atoms with Gasteiger partial charge in [-0.1, -0.05) is 121 Å². The fourth-order valence-electron chi connectivity index (χ4n) is 6.48. The van der Waals surface area contributed by atoms with Gasteiger partial charge in [-0.2, -0.15) is 0 Å². The molecule has 45 heavy (non-hydrogen) atoms. The Morgan fingerprint density at radius 1 is 0.489 bits per heavy atom. The molecule has 0 radical (unpaired) electrons. The third kappa shape index (κ3) is 4.97. The Labute approximate surface area is 264 Å². The molecule has 2 heteroatoms. The van der Waals surface area contributed by atoms with E-state index in [0.29, 0.717) is 0 Å². The highest BCUT2D eigenvalue weighted by Gasteiger charge is 2.14. The van der Waals surface area contributed by atoms with Crippen molar-refractivity contribution in [2.24, 2.45) is 0 Å². The third-order valence-corrected chi connectivity index (χ3v) is 8.67. The predicted octanol–water partition coefficient (Wildman–Crippen LogP) is 11.8. The maximum atomic E-state index is 4.14. The van der Waals surface area contributed by atoms with Crippen molar-refractivity contribution in [1.29, 1.82) is 0 Å². The van der Waals surface area contributed by atoms with Crippen LogP contribution in [0.2, 0.25) is 0 Å². The summed E-state index contributed by atoms with van der Waals surface area (Å²) in [5, 5.41) is 2.55. The Kier molecular flexibility index (Phi) is 6.73. The Hall–Kier alpha value is -5.86. The molecule has 6 aromatic carbocycles. The van der Waals surface area contributed by atoms with E-state index in [1.54, 1.807) is 0 Å². The topological polar surface area (TPSA) is 8.17 Å². The van der Waals surface area contributed by atoms with Crippen molar-refractivity contribution in [3.63, 3.8) is 0 Å². The minimum absolute atomic E-state index is 0.922. The fraction of sp³-hybridized carbons (Fsp3) is 0.0233. The molecule has 0 unspecified atom stereocenters. The number of para-hydroxylation sites is 3. The first kappa shape index (κ1) is 26.7. The molecule has 0 fully saturated rings. The summed E-state index contributed by atoms with van der Waals surface area (Å²) in [6.45, 7) is 4.14. The third-order valence-electron chi connectivity index (χ3n) is 8.67. The summed E-state index contributed by atoms with van der Waals surface area (Å²) in [6.07, 6.45) is 7.47. The predicted molar refractivity (Wildman–Crippen MR) is 192 cm³/mol. The fourth-order valence-corrected chi connectivity index (χ4v) is 6.48. The number of aromatic nitrogens is 1. The van der Waals surface area contributed by atoms with E-state index in [1.165, 1.54) is 44.1 Å². The van der Waals surface area contributed by atoms with Crippen LogP contribution in [0.25, 0.3) is 44.2 Å². The van der Waals surface area contributed by atoms with E-state index in [-0.39, 0.29) is 0 Å². The van der Waals surface area contributed by atoms with Gasteiger partial charge in [0.25, 0.3) is 0 Å². The van der Waals surface area contributed by atoms with Crippen LogP contribution in [0.15, 0.2) is 182 Å². The van der Waals surface area contributed by atoms with E-state index in [4.69, 9.17) is 0 Å². The summed E-state index contributed by atoms with van der Waals surface area (Å²) in [7, 11) is 0. The summed E-state index contributed by atoms with van der Waals surface area (Å²) in [5.74, 6) is 0. The van der Waals surface area contributed by atoms with Crippen LogP contribution < -0.4 is 4.90 Å². The highest BCUT2D eigenvalue weighted by atomic mass is 15.1. The summed E-state index contributed by atoms with van der Waals surface area (Å²) in [6, 6.07) is 54.4. The Bertz CT molecular complexity index is 2160. The summed E-state index contributed by atoms with van der Waals surface area (Å²) in [4.78, 5) is 2.31. The van der Waals surface area contributed by atoms with Gasteiger partial charge in [-0.05, 0) is 89.3 Å². The molecule has 1 aliphatic rings. The molecule has 7 aromatic rings. The summed E-state index contributed by atoms with van der Waals surface area (Å²) >= 11 is 0. The number of anilines is 3. The molecule has 0 saturated carbocycles. The molecule has 0 bridgehead atoms. The minimum atomic E-state index is 0.922. The van der Waals surface area contributed by atoms with Gasteiger partial charge >= 0.3 is 0 Å². The zero-order valence-corrected chi connectivity index (χ0v) is 25.0. The Morgan fingerprint density at radius 3 is 1.56 bits per heavy atom. The van der Waals surface area contributed by atoms with E-state index >= 15 is 0 Å². The average molecular weight is 577 g/mol. The van der Waals surface area contributed by atoms with Gasteiger partial charge in [-0.3, -0.25) is 0 Å². The van der Waals surface area contributed by atoms with Gasteiger partial charge in [0.15, 0.2) is 0 Å². The normalized spacial score (nSPS) is 12.9. The van der Waals surface area contributed by atoms with Crippen molar-refractivity contribution in [3.05, 3.63) is 188 Å². The molecule has 214 valence electrons. The number of rotatable bonds is 6. The second kappa shape index (κ2) is 11.3. The first-order chi connectivity index (χ1) is 22.2. The molecule has 0 saturated heterocycles. The van der Waals surface area contributed by atoms with Gasteiger partial charge in [-0.25, -0.2) is 0 Å². The van der Waals surface area contributed by atoms with Crippen molar-refractivity contribution in [2.75, 3.05) is 4.90 Å². The van der Waals surface area contributed by atoms with Gasteiger partial charge in [-0.15, -0.1) is 0 Å². The number of benzene rings is 6. The number of hydrogen-bond acceptors (Lipinski definition) is 1. The number of hydrogen-bond donors (Lipinski definition) is 0. The smallest absolute Gasteiger partial charge is 0.0541 e. The number of nitrogens with zero attached hydrogens (tertiary/aromatic N) is 2. The van der Waals surface area contributed by atoms with Crippen LogP contribution in [0.4, 0.5) is 17.1 Å². The van der Waals surface area contributed by atoms with Crippen LogP contribution in [-0.4, -0.2) is 4.57 Å². The molecule has 1 aliphatic carbocycles. The largest absolute Gasteiger partial charge is 0.311 e. The number of fused-ring (bicyclic) bond motifs is 3. The molecule has 0 amide bonds. The van der Waals surface area contributed by atoms with Gasteiger partial charge in [0.2, 0.25) is 0 Å². The van der Waals surface area contributed by atoms with Crippen LogP contribution in [0.5, 0.6) is 0 Å². The van der Waals surface area contributed by atoms with Gasteiger partial charge in [0.05, 0.1) is 11.0 Å². The lowest BCUT2D eigenvalue weighted by Crippen LogP contribution is -2.09. The molecular formula is C43H32N2. The maximum absolute atomic E-state index is 4.14. The van der Waals surface area contributed by atoms with Gasteiger partial charge < -0.3 is 9.47 Å². The molecule has 0 aliphatic heterocycles. The standard InChI is InChI=1S/C43H32N2/c1-31-10-9-11-35(30-31)34-22-26-38(27-23-34)44(36-12-3-2-4-13-36)37-24-18-32(19-25-37)33-20-28-39(29-21-33)45-42-16-7-5-14-40(42)41-15-6-8-17-43(41)45/h2-9,11-30H,1,10H2. The molecular weight excluding hydrogens is 544 g/mol. The molecule has 8 rings (SSSR count). The van der Waals surface area contributed by atoms with Crippen molar-refractivity contribution in [3.8, 4) is 16.8 Å². The van der Waals surface area contributed by atoms with E-state index in [0.717, 1.165) is 34.7 Å². The van der Waals surface area contributed by atoms with Gasteiger partial charge in [0.1, 0.15) is 0 Å². The first-order valence-electron chi connectivity index (χ1n) is 15.4. The second-order valence-electron chi connectivity index (χ2n) is 11.5. The van der Waals surface area contributed by atoms with Crippen molar-refractivity contribution < 1.29 is 0 Å². The van der Waals surface area contributed by atoms with E-state index in [9.17, 15) is 0 Å². The van der Waals surface area contributed by atoms with Crippen molar-refractivity contribution in [1.82, 2.24) is 4.57 Å². The lowest BCUT2D eigenvalue weighted by atomic mass is 9.97. The maximum Gasteiger partial charge on any atom is 0.0541 e. The zero-order chi connectivity index (χ0) is 30.2. The van der Waals surface area contributed by atoms with E-state index < -0.39 is 0 Å². The van der Waals surface area contributed by atoms with Crippen LogP contribution in [-0.2, 0) is 0 Å². The molecule has 1 aromatic heterocycles.